The number of ketones is 1. The Morgan fingerprint density at radius 3 is 2.80 bits per heavy atom. The zero-order valence-electron chi connectivity index (χ0n) is 5.06. The van der Waals surface area contributed by atoms with Crippen molar-refractivity contribution in [3.05, 3.63) is 22.2 Å². The van der Waals surface area contributed by atoms with Gasteiger partial charge in [-0.1, -0.05) is 0 Å². The predicted molar refractivity (Wildman–Crippen MR) is 30.8 cm³/mol. The quantitative estimate of drug-likeness (QED) is 0.499. The Balaban J connectivity index is 2.50. The molecule has 0 N–H and O–H groups in total. The fourth-order valence-corrected chi connectivity index (χ4v) is 2.20. The predicted octanol–water partition coefficient (Wildman–Crippen LogP) is 0.392. The Morgan fingerprint density at radius 1 is 1.30 bits per heavy atom. The molecule has 1 aliphatic heterocycles. The Bertz CT molecular complexity index is 256. The fraction of sp³-hybridized carbons (Fsp3) is 0.143. The molecule has 0 amide bonds. The van der Waals surface area contributed by atoms with Crippen molar-refractivity contribution in [3.63, 3.8) is 0 Å². The van der Waals surface area contributed by atoms with Gasteiger partial charge >= 0.3 is 63.6 Å². The summed E-state index contributed by atoms with van der Waals surface area (Å²) >= 11 is 0.169. The second-order valence-corrected chi connectivity index (χ2v) is 3.37. The molecule has 0 atom stereocenters. The maximum absolute atomic E-state index is 10.9. The van der Waals surface area contributed by atoms with Crippen molar-refractivity contribution in [2.45, 2.75) is 6.42 Å². The number of Topliss-reactive ketones (excluding diaryl/α,β-unsaturated/α-hetero) is 1. The van der Waals surface area contributed by atoms with Gasteiger partial charge in [0.25, 0.3) is 0 Å². The van der Waals surface area contributed by atoms with E-state index in [1.165, 1.54) is 0 Å². The van der Waals surface area contributed by atoms with Crippen LogP contribution in [0.1, 0.15) is 6.42 Å². The van der Waals surface area contributed by atoms with Crippen molar-refractivity contribution in [2.75, 3.05) is 0 Å². The fourth-order valence-electron chi connectivity index (χ4n) is 1.03. The average molecular weight is 175 g/mol. The van der Waals surface area contributed by atoms with Crippen LogP contribution >= 0.6 is 0 Å². The first kappa shape index (κ1) is 6.08. The van der Waals surface area contributed by atoms with Crippen LogP contribution in [0.25, 0.3) is 0 Å². The van der Waals surface area contributed by atoms with Gasteiger partial charge in [0.15, 0.2) is 0 Å². The number of fused-ring (bicyclic) bond motifs is 1. The van der Waals surface area contributed by atoms with Crippen LogP contribution in [0.2, 0.25) is 0 Å². The number of carbonyl (C=O) groups is 2. The van der Waals surface area contributed by atoms with Gasteiger partial charge in [-0.25, -0.2) is 0 Å². The van der Waals surface area contributed by atoms with Crippen LogP contribution in [-0.2, 0) is 24.5 Å². The molecule has 0 bridgehead atoms. The van der Waals surface area contributed by atoms with E-state index in [1.54, 1.807) is 11.1 Å². The van der Waals surface area contributed by atoms with E-state index in [4.69, 9.17) is 0 Å². The van der Waals surface area contributed by atoms with Crippen molar-refractivity contribution < 1.29 is 24.5 Å². The van der Waals surface area contributed by atoms with Gasteiger partial charge in [0.1, 0.15) is 0 Å². The van der Waals surface area contributed by atoms with Gasteiger partial charge < -0.3 is 0 Å². The van der Waals surface area contributed by atoms with Crippen LogP contribution in [-0.4, -0.2) is 10.5 Å². The first-order valence-corrected chi connectivity index (χ1v) is 4.18. The van der Waals surface area contributed by atoms with Crippen LogP contribution in [0.4, 0.5) is 0 Å². The van der Waals surface area contributed by atoms with Crippen LogP contribution in [0.3, 0.4) is 0 Å². The Labute approximate surface area is 64.1 Å². The monoisotopic (exact) mass is 175 g/mol. The van der Waals surface area contributed by atoms with Crippen LogP contribution < -0.4 is 0 Å². The molecule has 51 valence electrons. The molecular weight excluding hydrogens is 171 g/mol. The molecule has 10 heavy (non-hydrogen) atoms. The molecule has 2 aliphatic rings. The van der Waals surface area contributed by atoms with Crippen LogP contribution in [0.5, 0.6) is 0 Å². The number of hydrogen-bond acceptors (Lipinski definition) is 2. The summed E-state index contributed by atoms with van der Waals surface area (Å²) < 4.78 is 0.129. The van der Waals surface area contributed by atoms with E-state index in [-0.39, 0.29) is 25.4 Å². The van der Waals surface area contributed by atoms with Crippen LogP contribution in [0.15, 0.2) is 22.2 Å². The van der Waals surface area contributed by atoms with Crippen molar-refractivity contribution in [1.82, 2.24) is 0 Å². The normalized spacial score (nSPS) is 22.8. The maximum atomic E-state index is 10.9. The molecule has 0 saturated carbocycles. The number of hydrogen-bond donors (Lipinski definition) is 0. The number of carbonyl (C=O) groups excluding carboxylic acids is 2. The number of rotatable bonds is 0. The summed E-state index contributed by atoms with van der Waals surface area (Å²) in [5, 5.41) is 0. The van der Waals surface area contributed by atoms with Gasteiger partial charge in [0.2, 0.25) is 0 Å². The molecule has 3 heteroatoms. The Kier molecular flexibility index (Phi) is 1.16. The summed E-state index contributed by atoms with van der Waals surface area (Å²) in [6.07, 6.45) is 2.16. The molecule has 0 aromatic heterocycles. The molecule has 0 aromatic carbocycles. The molecule has 0 saturated heterocycles. The molecule has 0 radical (unpaired) electrons. The summed E-state index contributed by atoms with van der Waals surface area (Å²) in [7, 11) is 0. The van der Waals surface area contributed by atoms with Crippen LogP contribution in [0, 0.1) is 0 Å². The number of allylic oxidation sites excluding steroid dienone is 3. The second-order valence-electron chi connectivity index (χ2n) is 2.15. The third-order valence-electron chi connectivity index (χ3n) is 1.56. The van der Waals surface area contributed by atoms with Gasteiger partial charge in [0, 0.05) is 0 Å². The summed E-state index contributed by atoms with van der Waals surface area (Å²) in [5.74, 6) is 0.106. The van der Waals surface area contributed by atoms with Gasteiger partial charge in [-0.3, -0.25) is 0 Å². The van der Waals surface area contributed by atoms with Gasteiger partial charge in [-0.15, -0.1) is 0 Å². The molecule has 0 fully saturated rings. The van der Waals surface area contributed by atoms with Gasteiger partial charge in [-0.05, 0) is 0 Å². The minimum absolute atomic E-state index is 0.106. The van der Waals surface area contributed by atoms with Gasteiger partial charge in [0.05, 0.1) is 0 Å². The molecule has 1 aliphatic carbocycles. The molecular formula is C7H4MnO2. The minimum atomic E-state index is 0.106. The summed E-state index contributed by atoms with van der Waals surface area (Å²) in [6, 6.07) is 0. The van der Waals surface area contributed by atoms with Crippen molar-refractivity contribution in [1.29, 1.82) is 0 Å². The molecule has 0 unspecified atom stereocenters. The van der Waals surface area contributed by atoms with E-state index in [0.29, 0.717) is 17.6 Å². The topological polar surface area (TPSA) is 34.1 Å². The van der Waals surface area contributed by atoms with E-state index in [2.05, 4.69) is 0 Å². The summed E-state index contributed by atoms with van der Waals surface area (Å²) in [6.45, 7) is 0. The van der Waals surface area contributed by atoms with E-state index in [9.17, 15) is 9.59 Å². The third-order valence-corrected chi connectivity index (χ3v) is 2.70. The van der Waals surface area contributed by atoms with E-state index in [1.807, 2.05) is 0 Å². The SMILES string of the molecule is O=C1CC=C2[C](=O)[Mn][CH]=C12. The average Bonchev–Trinajstić information content (AvgIpc) is 2.41. The third kappa shape index (κ3) is 0.648. The standard InChI is InChI=1S/C7H4O2.Mn/c1-5-6(4-8)2-3-7(5)9;/h1-2H,3H2;. The van der Waals surface area contributed by atoms with Crippen molar-refractivity contribution in [3.8, 4) is 0 Å². The van der Waals surface area contributed by atoms with Crippen molar-refractivity contribution >= 4 is 10.5 Å². The zero-order chi connectivity index (χ0) is 7.14. The van der Waals surface area contributed by atoms with Crippen molar-refractivity contribution in [2.24, 2.45) is 0 Å². The van der Waals surface area contributed by atoms with Gasteiger partial charge in [-0.2, -0.15) is 0 Å². The Morgan fingerprint density at radius 2 is 2.10 bits per heavy atom. The first-order valence-electron chi connectivity index (χ1n) is 2.90. The molecule has 0 aromatic rings. The van der Waals surface area contributed by atoms with E-state index < -0.39 is 0 Å². The summed E-state index contributed by atoms with van der Waals surface area (Å²) in [4.78, 5) is 23.6. The van der Waals surface area contributed by atoms with E-state index >= 15 is 0 Å². The summed E-state index contributed by atoms with van der Waals surface area (Å²) in [5.41, 5.74) is 1.34. The molecule has 2 rings (SSSR count). The van der Waals surface area contributed by atoms with E-state index in [0.717, 1.165) is 0 Å². The molecule has 2 nitrogen and oxygen atoms in total. The Hall–Kier alpha value is -0.661. The first-order chi connectivity index (χ1) is 4.79. The molecule has 1 heterocycles. The second kappa shape index (κ2) is 1.91. The zero-order valence-corrected chi connectivity index (χ0v) is 6.24. The molecule has 0 spiro atoms.